The Bertz CT molecular complexity index is 337. The van der Waals surface area contributed by atoms with Crippen LogP contribution in [0.4, 0.5) is 8.78 Å². The fourth-order valence-corrected chi connectivity index (χ4v) is 1.22. The number of aldehydes is 1. The summed E-state index contributed by atoms with van der Waals surface area (Å²) < 4.78 is 24.9. The number of nitrogens with zero attached hydrogens (tertiary/aromatic N) is 1. The molecule has 0 aliphatic rings. The minimum absolute atomic E-state index is 0.0842. The molecule has 0 radical (unpaired) electrons. The largest absolute Gasteiger partial charge is 0.296 e. The summed E-state index contributed by atoms with van der Waals surface area (Å²) in [4.78, 5) is 14.1. The van der Waals surface area contributed by atoms with Gasteiger partial charge in [0.05, 0.1) is 0 Å². The van der Waals surface area contributed by atoms with Gasteiger partial charge in [0.1, 0.15) is 5.69 Å². The number of aryl methyl sites for hydroxylation is 1. The topological polar surface area (TPSA) is 30.0 Å². The van der Waals surface area contributed by atoms with Crippen molar-refractivity contribution >= 4 is 6.29 Å². The molecule has 1 heterocycles. The average molecular weight is 185 g/mol. The zero-order valence-corrected chi connectivity index (χ0v) is 7.34. The second kappa shape index (κ2) is 3.60. The molecule has 4 heteroatoms. The molecular weight excluding hydrogens is 176 g/mol. The van der Waals surface area contributed by atoms with E-state index in [0.29, 0.717) is 11.8 Å². The molecule has 0 amide bonds. The number of carbonyl (C=O) groups excluding carboxylic acids is 1. The fraction of sp³-hybridized carbons (Fsp3) is 0.333. The van der Waals surface area contributed by atoms with Crippen molar-refractivity contribution in [3.05, 3.63) is 28.6 Å². The Morgan fingerprint density at radius 1 is 1.46 bits per heavy atom. The van der Waals surface area contributed by atoms with Gasteiger partial charge >= 0.3 is 0 Å². The minimum Gasteiger partial charge on any atom is -0.296 e. The smallest absolute Gasteiger partial charge is 0.264 e. The fourth-order valence-electron chi connectivity index (χ4n) is 1.22. The van der Waals surface area contributed by atoms with E-state index in [1.807, 2.05) is 0 Å². The Balaban J connectivity index is 3.38. The van der Waals surface area contributed by atoms with Crippen molar-refractivity contribution in [2.45, 2.75) is 20.3 Å². The number of carbonyl (C=O) groups is 1. The SMILES string of the molecule is Cc1cnc(C=O)c(C)c1C(F)F. The first-order chi connectivity index (χ1) is 6.07. The molecule has 1 rings (SSSR count). The summed E-state index contributed by atoms with van der Waals surface area (Å²) in [7, 11) is 0. The zero-order chi connectivity index (χ0) is 10.0. The van der Waals surface area contributed by atoms with Gasteiger partial charge in [0, 0.05) is 11.8 Å². The average Bonchev–Trinajstić information content (AvgIpc) is 2.04. The number of rotatable bonds is 2. The first-order valence-electron chi connectivity index (χ1n) is 3.77. The molecule has 0 aliphatic carbocycles. The van der Waals surface area contributed by atoms with Crippen LogP contribution in [0, 0.1) is 13.8 Å². The summed E-state index contributed by atoms with van der Waals surface area (Å²) in [6, 6.07) is 0. The molecule has 13 heavy (non-hydrogen) atoms. The third-order valence-electron chi connectivity index (χ3n) is 1.94. The van der Waals surface area contributed by atoms with Gasteiger partial charge in [-0.1, -0.05) is 0 Å². The highest BCUT2D eigenvalue weighted by molar-refractivity contribution is 5.75. The lowest BCUT2D eigenvalue weighted by atomic mass is 10.0. The van der Waals surface area contributed by atoms with E-state index in [4.69, 9.17) is 0 Å². The van der Waals surface area contributed by atoms with E-state index < -0.39 is 6.43 Å². The lowest BCUT2D eigenvalue weighted by Crippen LogP contribution is -2.01. The maximum atomic E-state index is 12.5. The third kappa shape index (κ3) is 1.71. The van der Waals surface area contributed by atoms with Crippen LogP contribution in [-0.2, 0) is 0 Å². The van der Waals surface area contributed by atoms with Gasteiger partial charge in [-0.25, -0.2) is 8.78 Å². The van der Waals surface area contributed by atoms with Crippen molar-refractivity contribution < 1.29 is 13.6 Å². The Morgan fingerprint density at radius 3 is 2.54 bits per heavy atom. The first kappa shape index (κ1) is 9.77. The van der Waals surface area contributed by atoms with Gasteiger partial charge in [-0.2, -0.15) is 0 Å². The highest BCUT2D eigenvalue weighted by atomic mass is 19.3. The molecule has 0 fully saturated rings. The second-order valence-electron chi connectivity index (χ2n) is 2.78. The Morgan fingerprint density at radius 2 is 2.08 bits per heavy atom. The molecular formula is C9H9F2NO. The van der Waals surface area contributed by atoms with Gasteiger partial charge < -0.3 is 0 Å². The molecule has 0 aromatic carbocycles. The highest BCUT2D eigenvalue weighted by Crippen LogP contribution is 2.26. The van der Waals surface area contributed by atoms with Crippen LogP contribution >= 0.6 is 0 Å². The number of alkyl halides is 2. The van der Waals surface area contributed by atoms with Crippen LogP contribution in [0.1, 0.15) is 33.6 Å². The van der Waals surface area contributed by atoms with E-state index in [1.165, 1.54) is 13.1 Å². The Kier molecular flexibility index (Phi) is 2.70. The van der Waals surface area contributed by atoms with Crippen molar-refractivity contribution in [1.29, 1.82) is 0 Å². The standard InChI is InChI=1S/C9H9F2NO/c1-5-3-12-7(4-13)6(2)8(5)9(10)11/h3-4,9H,1-2H3. The normalized spacial score (nSPS) is 10.5. The van der Waals surface area contributed by atoms with Gasteiger partial charge in [0.25, 0.3) is 6.43 Å². The minimum atomic E-state index is -2.55. The number of hydrogen-bond donors (Lipinski definition) is 0. The van der Waals surface area contributed by atoms with Crippen molar-refractivity contribution in [3.63, 3.8) is 0 Å². The van der Waals surface area contributed by atoms with Crippen molar-refractivity contribution in [2.75, 3.05) is 0 Å². The molecule has 0 aliphatic heterocycles. The summed E-state index contributed by atoms with van der Waals surface area (Å²) in [6.07, 6.45) is -0.777. The number of hydrogen-bond acceptors (Lipinski definition) is 2. The van der Waals surface area contributed by atoms with Crippen LogP contribution in [0.25, 0.3) is 0 Å². The van der Waals surface area contributed by atoms with E-state index in [2.05, 4.69) is 4.98 Å². The quantitative estimate of drug-likeness (QED) is 0.662. The molecule has 0 atom stereocenters. The summed E-state index contributed by atoms with van der Waals surface area (Å²) in [6.45, 7) is 3.03. The first-order valence-corrected chi connectivity index (χ1v) is 3.77. The van der Waals surface area contributed by atoms with E-state index in [1.54, 1.807) is 6.92 Å². The third-order valence-corrected chi connectivity index (χ3v) is 1.94. The molecule has 70 valence electrons. The van der Waals surface area contributed by atoms with E-state index in [0.717, 1.165) is 0 Å². The van der Waals surface area contributed by atoms with Crippen molar-refractivity contribution in [3.8, 4) is 0 Å². The number of pyridine rings is 1. The molecule has 0 unspecified atom stereocenters. The predicted molar refractivity (Wildman–Crippen MR) is 44.1 cm³/mol. The molecule has 0 bridgehead atoms. The van der Waals surface area contributed by atoms with Gasteiger partial charge in [-0.3, -0.25) is 9.78 Å². The Hall–Kier alpha value is -1.32. The Labute approximate surface area is 74.6 Å². The zero-order valence-electron chi connectivity index (χ0n) is 7.34. The highest BCUT2D eigenvalue weighted by Gasteiger charge is 2.16. The number of aromatic nitrogens is 1. The molecule has 1 aromatic rings. The van der Waals surface area contributed by atoms with Gasteiger partial charge in [-0.15, -0.1) is 0 Å². The van der Waals surface area contributed by atoms with Gasteiger partial charge in [0.15, 0.2) is 6.29 Å². The van der Waals surface area contributed by atoms with Crippen LogP contribution in [-0.4, -0.2) is 11.3 Å². The maximum Gasteiger partial charge on any atom is 0.264 e. The van der Waals surface area contributed by atoms with E-state index in [-0.39, 0.29) is 16.8 Å². The van der Waals surface area contributed by atoms with Crippen LogP contribution in [0.5, 0.6) is 0 Å². The summed E-state index contributed by atoms with van der Waals surface area (Å²) in [5, 5.41) is 0. The molecule has 1 aromatic heterocycles. The van der Waals surface area contributed by atoms with Gasteiger partial charge in [0.2, 0.25) is 0 Å². The molecule has 2 nitrogen and oxygen atoms in total. The van der Waals surface area contributed by atoms with Crippen LogP contribution in [0.2, 0.25) is 0 Å². The summed E-state index contributed by atoms with van der Waals surface area (Å²) in [5.74, 6) is 0. The lowest BCUT2D eigenvalue weighted by Gasteiger charge is -2.08. The van der Waals surface area contributed by atoms with Crippen LogP contribution in [0.15, 0.2) is 6.20 Å². The second-order valence-corrected chi connectivity index (χ2v) is 2.78. The monoisotopic (exact) mass is 185 g/mol. The summed E-state index contributed by atoms with van der Waals surface area (Å²) in [5.41, 5.74) is 0.682. The molecule has 0 saturated carbocycles. The molecule has 0 saturated heterocycles. The number of halogens is 2. The van der Waals surface area contributed by atoms with Crippen molar-refractivity contribution in [2.24, 2.45) is 0 Å². The van der Waals surface area contributed by atoms with Crippen molar-refractivity contribution in [1.82, 2.24) is 4.98 Å². The van der Waals surface area contributed by atoms with E-state index >= 15 is 0 Å². The lowest BCUT2D eigenvalue weighted by molar-refractivity contribution is 0.111. The van der Waals surface area contributed by atoms with Crippen LogP contribution < -0.4 is 0 Å². The van der Waals surface area contributed by atoms with Crippen LogP contribution in [0.3, 0.4) is 0 Å². The molecule has 0 spiro atoms. The van der Waals surface area contributed by atoms with Gasteiger partial charge in [-0.05, 0) is 25.0 Å². The predicted octanol–water partition coefficient (Wildman–Crippen LogP) is 2.45. The molecule has 0 N–H and O–H groups in total. The van der Waals surface area contributed by atoms with E-state index in [9.17, 15) is 13.6 Å². The summed E-state index contributed by atoms with van der Waals surface area (Å²) >= 11 is 0. The maximum absolute atomic E-state index is 12.5.